The average molecular weight is 344 g/mol. The number of aromatic nitrogens is 4. The fourth-order valence-corrected chi connectivity index (χ4v) is 3.28. The highest BCUT2D eigenvalue weighted by Gasteiger charge is 2.21. The summed E-state index contributed by atoms with van der Waals surface area (Å²) in [6.45, 7) is 11.2. The van der Waals surface area contributed by atoms with Crippen LogP contribution in [0.5, 0.6) is 0 Å². The quantitative estimate of drug-likeness (QED) is 0.868. The van der Waals surface area contributed by atoms with Crippen LogP contribution in [0.3, 0.4) is 0 Å². The molecule has 2 aromatic heterocycles. The zero-order valence-electron chi connectivity index (χ0n) is 15.5. The van der Waals surface area contributed by atoms with Crippen molar-refractivity contribution in [2.45, 2.75) is 65.7 Å². The van der Waals surface area contributed by atoms with E-state index in [4.69, 9.17) is 0 Å². The minimum absolute atomic E-state index is 0.00358. The maximum absolute atomic E-state index is 12.5. The molecule has 0 unspecified atom stereocenters. The predicted octanol–water partition coefficient (Wildman–Crippen LogP) is 1.89. The van der Waals surface area contributed by atoms with Crippen molar-refractivity contribution in [3.8, 4) is 0 Å². The highest BCUT2D eigenvalue weighted by molar-refractivity contribution is 5.92. The number of fused-ring (bicyclic) bond motifs is 1. The van der Waals surface area contributed by atoms with Gasteiger partial charge in [-0.1, -0.05) is 0 Å². The molecule has 3 heterocycles. The van der Waals surface area contributed by atoms with Crippen molar-refractivity contribution in [3.05, 3.63) is 34.9 Å². The summed E-state index contributed by atoms with van der Waals surface area (Å²) in [5.41, 5.74) is 3.61. The predicted molar refractivity (Wildman–Crippen MR) is 96.3 cm³/mol. The van der Waals surface area contributed by atoms with Crippen LogP contribution < -0.4 is 5.32 Å². The highest BCUT2D eigenvalue weighted by atomic mass is 16.2. The Morgan fingerprint density at radius 1 is 1.32 bits per heavy atom. The zero-order valence-corrected chi connectivity index (χ0v) is 15.5. The number of hydrogen-bond acceptors (Lipinski definition) is 4. The Morgan fingerprint density at radius 3 is 2.80 bits per heavy atom. The van der Waals surface area contributed by atoms with Crippen molar-refractivity contribution < 1.29 is 4.79 Å². The van der Waals surface area contributed by atoms with E-state index in [1.807, 2.05) is 30.7 Å². The van der Waals surface area contributed by atoms with Gasteiger partial charge in [0.15, 0.2) is 0 Å². The molecule has 0 saturated carbocycles. The minimum atomic E-state index is -0.114. The topological polar surface area (TPSA) is 78.8 Å². The maximum atomic E-state index is 12.5. The molecule has 0 aromatic carbocycles. The Bertz CT molecular complexity index is 732. The van der Waals surface area contributed by atoms with Gasteiger partial charge in [-0.15, -0.1) is 0 Å². The van der Waals surface area contributed by atoms with Gasteiger partial charge in [-0.25, -0.2) is 0 Å². The number of aryl methyl sites for hydroxylation is 2. The number of nitrogens with one attached hydrogen (secondary N) is 2. The first-order chi connectivity index (χ1) is 11.9. The third-order valence-electron chi connectivity index (χ3n) is 4.66. The third kappa shape index (κ3) is 4.28. The highest BCUT2D eigenvalue weighted by Crippen LogP contribution is 2.16. The smallest absolute Gasteiger partial charge is 0.272 e. The van der Waals surface area contributed by atoms with Crippen molar-refractivity contribution in [3.63, 3.8) is 0 Å². The number of rotatable bonds is 5. The first-order valence-electron chi connectivity index (χ1n) is 9.05. The molecule has 0 aliphatic carbocycles. The van der Waals surface area contributed by atoms with Crippen LogP contribution in [0.2, 0.25) is 0 Å². The molecule has 1 aliphatic rings. The molecule has 2 N–H and O–H groups in total. The van der Waals surface area contributed by atoms with E-state index in [-0.39, 0.29) is 11.9 Å². The van der Waals surface area contributed by atoms with Crippen LogP contribution in [0.1, 0.15) is 54.8 Å². The second kappa shape index (κ2) is 7.39. The molecule has 25 heavy (non-hydrogen) atoms. The van der Waals surface area contributed by atoms with Crippen molar-refractivity contribution in [2.75, 3.05) is 6.54 Å². The molecule has 1 atom stereocenters. The first kappa shape index (κ1) is 17.7. The lowest BCUT2D eigenvalue weighted by Crippen LogP contribution is -2.34. The number of hydrogen-bond donors (Lipinski definition) is 2. The second-order valence-corrected chi connectivity index (χ2v) is 7.28. The summed E-state index contributed by atoms with van der Waals surface area (Å²) < 4.78 is 1.99. The molecule has 7 nitrogen and oxygen atoms in total. The monoisotopic (exact) mass is 344 g/mol. The minimum Gasteiger partial charge on any atom is -0.348 e. The number of carbonyl (C=O) groups is 1. The maximum Gasteiger partial charge on any atom is 0.272 e. The lowest BCUT2D eigenvalue weighted by Gasteiger charge is -2.23. The van der Waals surface area contributed by atoms with Gasteiger partial charge in [0.05, 0.1) is 11.4 Å². The van der Waals surface area contributed by atoms with E-state index in [1.54, 1.807) is 0 Å². The molecular formula is C18H28N6O. The number of aromatic amines is 1. The Hall–Kier alpha value is -2.15. The van der Waals surface area contributed by atoms with Gasteiger partial charge in [0.1, 0.15) is 5.69 Å². The van der Waals surface area contributed by atoms with Gasteiger partial charge in [-0.2, -0.15) is 10.2 Å². The summed E-state index contributed by atoms with van der Waals surface area (Å²) in [4.78, 5) is 15.0. The largest absolute Gasteiger partial charge is 0.348 e. The van der Waals surface area contributed by atoms with Crippen LogP contribution in [0.25, 0.3) is 0 Å². The molecule has 2 aromatic rings. The molecular weight excluding hydrogens is 316 g/mol. The Morgan fingerprint density at radius 2 is 2.12 bits per heavy atom. The summed E-state index contributed by atoms with van der Waals surface area (Å²) in [7, 11) is 0. The zero-order chi connectivity index (χ0) is 18.0. The van der Waals surface area contributed by atoms with Crippen LogP contribution in [0.4, 0.5) is 0 Å². The van der Waals surface area contributed by atoms with Gasteiger partial charge >= 0.3 is 0 Å². The second-order valence-electron chi connectivity index (χ2n) is 7.28. The van der Waals surface area contributed by atoms with Crippen molar-refractivity contribution >= 4 is 5.91 Å². The Kier molecular flexibility index (Phi) is 5.22. The van der Waals surface area contributed by atoms with Crippen LogP contribution in [0.15, 0.2) is 12.1 Å². The lowest BCUT2D eigenvalue weighted by atomic mass is 10.1. The first-order valence-corrected chi connectivity index (χ1v) is 9.05. The standard InChI is InChI=1S/C18H28N6O/c1-12(2)23-6-5-7-24-16(11-23)10-17(22-24)18(25)19-13(3)8-15-9-14(4)20-21-15/h9-10,12-13H,5-8,11H2,1-4H3,(H,19,25)(H,20,21)/t13-/m1/s1. The van der Waals surface area contributed by atoms with Gasteiger partial charge < -0.3 is 5.32 Å². The third-order valence-corrected chi connectivity index (χ3v) is 4.66. The SMILES string of the molecule is Cc1cc(C[C@@H](C)NC(=O)c2cc3n(n2)CCCN(C(C)C)C3)n[nH]1. The average Bonchev–Trinajstić information content (AvgIpc) is 3.07. The van der Waals surface area contributed by atoms with Gasteiger partial charge in [0.2, 0.25) is 0 Å². The summed E-state index contributed by atoms with van der Waals surface area (Å²) in [5.74, 6) is -0.114. The van der Waals surface area contributed by atoms with Crippen LogP contribution >= 0.6 is 0 Å². The summed E-state index contributed by atoms with van der Waals surface area (Å²) >= 11 is 0. The van der Waals surface area contributed by atoms with Gasteiger partial charge in [-0.3, -0.25) is 19.5 Å². The molecule has 0 saturated heterocycles. The van der Waals surface area contributed by atoms with Crippen LogP contribution in [0, 0.1) is 6.92 Å². The van der Waals surface area contributed by atoms with Crippen LogP contribution in [-0.4, -0.2) is 49.4 Å². The van der Waals surface area contributed by atoms with Crippen molar-refractivity contribution in [2.24, 2.45) is 0 Å². The van der Waals surface area contributed by atoms with Gasteiger partial charge in [0.25, 0.3) is 5.91 Å². The van der Waals surface area contributed by atoms with E-state index in [1.165, 1.54) is 0 Å². The van der Waals surface area contributed by atoms with Crippen molar-refractivity contribution in [1.82, 2.24) is 30.2 Å². The molecule has 1 amide bonds. The van der Waals surface area contributed by atoms with E-state index in [0.29, 0.717) is 18.2 Å². The molecule has 3 rings (SSSR count). The summed E-state index contributed by atoms with van der Waals surface area (Å²) in [6, 6.07) is 4.43. The number of nitrogens with zero attached hydrogens (tertiary/aromatic N) is 4. The van der Waals surface area contributed by atoms with E-state index in [0.717, 1.165) is 43.1 Å². The molecule has 0 spiro atoms. The van der Waals surface area contributed by atoms with E-state index in [2.05, 4.69) is 39.4 Å². The number of amides is 1. The number of carbonyl (C=O) groups excluding carboxylic acids is 1. The van der Waals surface area contributed by atoms with E-state index >= 15 is 0 Å². The van der Waals surface area contributed by atoms with Gasteiger partial charge in [-0.05, 0) is 46.2 Å². The van der Waals surface area contributed by atoms with Crippen molar-refractivity contribution in [1.29, 1.82) is 0 Å². The van der Waals surface area contributed by atoms with E-state index in [9.17, 15) is 4.79 Å². The summed E-state index contributed by atoms with van der Waals surface area (Å²) in [6.07, 6.45) is 1.76. The van der Waals surface area contributed by atoms with E-state index < -0.39 is 0 Å². The molecule has 136 valence electrons. The molecule has 0 fully saturated rings. The molecule has 0 bridgehead atoms. The normalized spacial score (nSPS) is 16.5. The molecule has 7 heteroatoms. The fraction of sp³-hybridized carbons (Fsp3) is 0.611. The molecule has 0 radical (unpaired) electrons. The number of H-pyrrole nitrogens is 1. The van der Waals surface area contributed by atoms with Crippen LogP contribution in [-0.2, 0) is 19.5 Å². The molecule has 1 aliphatic heterocycles. The fourth-order valence-electron chi connectivity index (χ4n) is 3.28. The van der Waals surface area contributed by atoms with Gasteiger partial charge in [0, 0.05) is 43.8 Å². The lowest BCUT2D eigenvalue weighted by molar-refractivity contribution is 0.0934. The Labute approximate surface area is 148 Å². The Balaban J connectivity index is 1.64. The summed E-state index contributed by atoms with van der Waals surface area (Å²) in [5, 5.41) is 14.7.